The van der Waals surface area contributed by atoms with Crippen molar-refractivity contribution in [3.8, 4) is 0 Å². The van der Waals surface area contributed by atoms with Crippen LogP contribution in [0, 0.1) is 0 Å². The third-order valence-electron chi connectivity index (χ3n) is 3.82. The lowest BCUT2D eigenvalue weighted by Crippen LogP contribution is -2.56. The average Bonchev–Trinajstić information content (AvgIpc) is 3.11. The molecule has 3 rings (SSSR count). The molecule has 0 aliphatic carbocycles. The SMILES string of the molecule is CCCNc1nnc(CN2CC(=O)N3CCCC3C2=O)s1. The molecule has 114 valence electrons. The molecule has 0 bridgehead atoms. The van der Waals surface area contributed by atoms with E-state index in [9.17, 15) is 9.59 Å². The summed E-state index contributed by atoms with van der Waals surface area (Å²) >= 11 is 1.44. The largest absolute Gasteiger partial charge is 0.360 e. The van der Waals surface area contributed by atoms with Gasteiger partial charge in [-0.25, -0.2) is 0 Å². The monoisotopic (exact) mass is 309 g/mol. The molecule has 1 N–H and O–H groups in total. The topological polar surface area (TPSA) is 78.4 Å². The van der Waals surface area contributed by atoms with E-state index < -0.39 is 0 Å². The standard InChI is InChI=1S/C13H19N5O2S/c1-2-5-14-13-16-15-10(21-13)7-17-8-11(19)18-6-3-4-9(18)12(17)20/h9H,2-8H2,1H3,(H,14,16). The zero-order valence-corrected chi connectivity index (χ0v) is 12.9. The van der Waals surface area contributed by atoms with Gasteiger partial charge in [0.05, 0.1) is 6.54 Å². The molecule has 2 aliphatic heterocycles. The van der Waals surface area contributed by atoms with Crippen molar-refractivity contribution in [1.29, 1.82) is 0 Å². The molecule has 1 unspecified atom stereocenters. The van der Waals surface area contributed by atoms with E-state index in [0.29, 0.717) is 13.1 Å². The van der Waals surface area contributed by atoms with Gasteiger partial charge >= 0.3 is 0 Å². The number of hydrogen-bond donors (Lipinski definition) is 1. The van der Waals surface area contributed by atoms with Gasteiger partial charge in [-0.2, -0.15) is 0 Å². The zero-order chi connectivity index (χ0) is 14.8. The minimum absolute atomic E-state index is 0.0466. The Labute approximate surface area is 127 Å². The number of aromatic nitrogens is 2. The van der Waals surface area contributed by atoms with Gasteiger partial charge in [0.15, 0.2) is 0 Å². The number of anilines is 1. The molecule has 0 aromatic carbocycles. The molecule has 2 aliphatic rings. The van der Waals surface area contributed by atoms with E-state index in [1.807, 2.05) is 0 Å². The number of nitrogens with zero attached hydrogens (tertiary/aromatic N) is 4. The van der Waals surface area contributed by atoms with Gasteiger partial charge in [-0.1, -0.05) is 18.3 Å². The normalized spacial score (nSPS) is 21.9. The van der Waals surface area contributed by atoms with Crippen molar-refractivity contribution in [2.45, 2.75) is 38.8 Å². The summed E-state index contributed by atoms with van der Waals surface area (Å²) < 4.78 is 0. The number of rotatable bonds is 5. The Balaban J connectivity index is 1.65. The molecule has 0 radical (unpaired) electrons. The minimum atomic E-state index is -0.253. The summed E-state index contributed by atoms with van der Waals surface area (Å²) in [5.41, 5.74) is 0. The molecule has 3 heterocycles. The first kappa shape index (κ1) is 14.2. The van der Waals surface area contributed by atoms with Crippen LogP contribution in [0.5, 0.6) is 0 Å². The Kier molecular flexibility index (Phi) is 4.05. The highest BCUT2D eigenvalue weighted by Crippen LogP contribution is 2.25. The van der Waals surface area contributed by atoms with Crippen LogP contribution in [0.1, 0.15) is 31.2 Å². The Morgan fingerprint density at radius 3 is 3.05 bits per heavy atom. The second-order valence-electron chi connectivity index (χ2n) is 5.37. The number of carbonyl (C=O) groups excluding carboxylic acids is 2. The van der Waals surface area contributed by atoms with Crippen LogP contribution in [0.15, 0.2) is 0 Å². The van der Waals surface area contributed by atoms with Crippen molar-refractivity contribution in [2.24, 2.45) is 0 Å². The van der Waals surface area contributed by atoms with E-state index in [2.05, 4.69) is 22.4 Å². The summed E-state index contributed by atoms with van der Waals surface area (Å²) in [6.45, 7) is 4.19. The van der Waals surface area contributed by atoms with Crippen LogP contribution in [0.4, 0.5) is 5.13 Å². The number of amides is 2. The van der Waals surface area contributed by atoms with Crippen molar-refractivity contribution < 1.29 is 9.59 Å². The first-order valence-corrected chi connectivity index (χ1v) is 8.15. The molecule has 1 aromatic heterocycles. The van der Waals surface area contributed by atoms with Crippen LogP contribution in [-0.2, 0) is 16.1 Å². The minimum Gasteiger partial charge on any atom is -0.360 e. The molecule has 8 heteroatoms. The summed E-state index contributed by atoms with van der Waals surface area (Å²) in [5.74, 6) is 0.0938. The molecule has 0 saturated carbocycles. The number of hydrogen-bond acceptors (Lipinski definition) is 6. The van der Waals surface area contributed by atoms with Crippen LogP contribution in [-0.4, -0.2) is 57.5 Å². The lowest BCUT2D eigenvalue weighted by atomic mass is 10.1. The molecule has 2 amide bonds. The molecular formula is C13H19N5O2S. The van der Waals surface area contributed by atoms with E-state index in [4.69, 9.17) is 0 Å². The van der Waals surface area contributed by atoms with Crippen LogP contribution in [0.2, 0.25) is 0 Å². The highest BCUT2D eigenvalue weighted by Gasteiger charge is 2.41. The predicted octanol–water partition coefficient (Wildman–Crippen LogP) is 0.693. The van der Waals surface area contributed by atoms with Crippen LogP contribution in [0.3, 0.4) is 0 Å². The fraction of sp³-hybridized carbons (Fsp3) is 0.692. The summed E-state index contributed by atoms with van der Waals surface area (Å²) in [7, 11) is 0. The molecule has 0 spiro atoms. The van der Waals surface area contributed by atoms with Crippen molar-refractivity contribution in [1.82, 2.24) is 20.0 Å². The van der Waals surface area contributed by atoms with Gasteiger partial charge < -0.3 is 15.1 Å². The first-order chi connectivity index (χ1) is 10.2. The Morgan fingerprint density at radius 2 is 2.24 bits per heavy atom. The highest BCUT2D eigenvalue weighted by molar-refractivity contribution is 7.15. The number of nitrogens with one attached hydrogen (secondary N) is 1. The van der Waals surface area contributed by atoms with Gasteiger partial charge in [-0.05, 0) is 19.3 Å². The van der Waals surface area contributed by atoms with Crippen LogP contribution in [0.25, 0.3) is 0 Å². The molecule has 2 saturated heterocycles. The molecule has 1 atom stereocenters. The number of carbonyl (C=O) groups is 2. The molecular weight excluding hydrogens is 290 g/mol. The summed E-state index contributed by atoms with van der Waals surface area (Å²) in [5, 5.41) is 12.9. The second kappa shape index (κ2) is 5.97. The van der Waals surface area contributed by atoms with Crippen LogP contribution >= 0.6 is 11.3 Å². The van der Waals surface area contributed by atoms with Gasteiger partial charge in [0.1, 0.15) is 17.6 Å². The van der Waals surface area contributed by atoms with Crippen molar-refractivity contribution in [3.63, 3.8) is 0 Å². The maximum Gasteiger partial charge on any atom is 0.246 e. The first-order valence-electron chi connectivity index (χ1n) is 7.33. The number of piperazine rings is 1. The molecule has 7 nitrogen and oxygen atoms in total. The molecule has 1 aromatic rings. The van der Waals surface area contributed by atoms with Crippen LogP contribution < -0.4 is 5.32 Å². The van der Waals surface area contributed by atoms with E-state index in [-0.39, 0.29) is 24.4 Å². The predicted molar refractivity (Wildman–Crippen MR) is 78.8 cm³/mol. The van der Waals surface area contributed by atoms with Crippen molar-refractivity contribution in [3.05, 3.63) is 5.01 Å². The van der Waals surface area contributed by atoms with E-state index in [0.717, 1.165) is 35.9 Å². The quantitative estimate of drug-likeness (QED) is 0.866. The third kappa shape index (κ3) is 2.85. The van der Waals surface area contributed by atoms with Crippen molar-refractivity contribution in [2.75, 3.05) is 25.0 Å². The second-order valence-corrected chi connectivity index (χ2v) is 6.43. The summed E-state index contributed by atoms with van der Waals surface area (Å²) in [6, 6.07) is -0.253. The van der Waals surface area contributed by atoms with E-state index in [1.165, 1.54) is 11.3 Å². The van der Waals surface area contributed by atoms with Gasteiger partial charge in [0, 0.05) is 13.1 Å². The lowest BCUT2D eigenvalue weighted by Gasteiger charge is -2.35. The van der Waals surface area contributed by atoms with Gasteiger partial charge in [0.25, 0.3) is 0 Å². The fourth-order valence-electron chi connectivity index (χ4n) is 2.78. The summed E-state index contributed by atoms with van der Waals surface area (Å²) in [4.78, 5) is 27.8. The van der Waals surface area contributed by atoms with Gasteiger partial charge in [0.2, 0.25) is 16.9 Å². The third-order valence-corrected chi connectivity index (χ3v) is 4.68. The Bertz CT molecular complexity index is 546. The summed E-state index contributed by atoms with van der Waals surface area (Å²) in [6.07, 6.45) is 2.71. The zero-order valence-electron chi connectivity index (χ0n) is 12.0. The Hall–Kier alpha value is -1.70. The highest BCUT2D eigenvalue weighted by atomic mass is 32.1. The maximum absolute atomic E-state index is 12.4. The smallest absolute Gasteiger partial charge is 0.246 e. The van der Waals surface area contributed by atoms with E-state index in [1.54, 1.807) is 9.80 Å². The molecule has 21 heavy (non-hydrogen) atoms. The average molecular weight is 309 g/mol. The maximum atomic E-state index is 12.4. The lowest BCUT2D eigenvalue weighted by molar-refractivity contribution is -0.154. The van der Waals surface area contributed by atoms with Crippen molar-refractivity contribution >= 4 is 28.3 Å². The fourth-order valence-corrected chi connectivity index (χ4v) is 3.56. The number of fused-ring (bicyclic) bond motifs is 1. The Morgan fingerprint density at radius 1 is 1.38 bits per heavy atom. The van der Waals surface area contributed by atoms with Gasteiger partial charge in [-0.3, -0.25) is 9.59 Å². The van der Waals surface area contributed by atoms with E-state index >= 15 is 0 Å². The molecule has 2 fully saturated rings. The van der Waals surface area contributed by atoms with Gasteiger partial charge in [-0.15, -0.1) is 10.2 Å².